The number of halogens is 2. The van der Waals surface area contributed by atoms with Gasteiger partial charge in [-0.15, -0.1) is 11.6 Å². The van der Waals surface area contributed by atoms with Crippen molar-refractivity contribution in [1.29, 1.82) is 0 Å². The summed E-state index contributed by atoms with van der Waals surface area (Å²) in [5, 5.41) is -0.0607. The molecule has 18 heavy (non-hydrogen) atoms. The van der Waals surface area contributed by atoms with Gasteiger partial charge >= 0.3 is 0 Å². The second-order valence-corrected chi connectivity index (χ2v) is 5.90. The predicted octanol–water partition coefficient (Wildman–Crippen LogP) is 4.98. The quantitative estimate of drug-likeness (QED) is 0.725. The Balaban J connectivity index is 2.18. The molecule has 0 spiro atoms. The molecule has 0 saturated carbocycles. The zero-order chi connectivity index (χ0) is 13.1. The summed E-state index contributed by atoms with van der Waals surface area (Å²) in [6.07, 6.45) is 2.62. The minimum absolute atomic E-state index is 0.0607. The molecule has 0 fully saturated rings. The van der Waals surface area contributed by atoms with Crippen molar-refractivity contribution >= 4 is 27.5 Å². The lowest BCUT2D eigenvalue weighted by atomic mass is 10.0. The van der Waals surface area contributed by atoms with Crippen LogP contribution in [0.25, 0.3) is 0 Å². The van der Waals surface area contributed by atoms with Crippen molar-refractivity contribution in [1.82, 2.24) is 4.98 Å². The number of pyridine rings is 1. The molecule has 94 valence electrons. The molecular weight excluding hydrogens is 310 g/mol. The fourth-order valence-electron chi connectivity index (χ4n) is 1.82. The topological polar surface area (TPSA) is 12.9 Å². The van der Waals surface area contributed by atoms with Crippen LogP contribution in [0.4, 0.5) is 0 Å². The number of benzene rings is 1. The summed E-state index contributed by atoms with van der Waals surface area (Å²) in [5.41, 5.74) is 4.53. The number of hydrogen-bond donors (Lipinski definition) is 0. The molecule has 0 aliphatic carbocycles. The van der Waals surface area contributed by atoms with Crippen molar-refractivity contribution in [3.63, 3.8) is 0 Å². The Kier molecular flexibility index (Phi) is 4.41. The van der Waals surface area contributed by atoms with Crippen LogP contribution in [-0.2, 0) is 6.42 Å². The van der Waals surface area contributed by atoms with Crippen molar-refractivity contribution in [2.75, 3.05) is 0 Å². The summed E-state index contributed by atoms with van der Waals surface area (Å²) >= 11 is 10.0. The van der Waals surface area contributed by atoms with E-state index in [0.29, 0.717) is 0 Å². The van der Waals surface area contributed by atoms with Crippen LogP contribution in [0.15, 0.2) is 41.0 Å². The fourth-order valence-corrected chi connectivity index (χ4v) is 2.81. The van der Waals surface area contributed by atoms with Gasteiger partial charge in [0.15, 0.2) is 0 Å². The number of alkyl halides is 1. The molecule has 0 N–H and O–H groups in total. The van der Waals surface area contributed by atoms with E-state index in [1.807, 2.05) is 25.3 Å². The molecule has 1 aromatic carbocycles. The van der Waals surface area contributed by atoms with Gasteiger partial charge in [0, 0.05) is 22.8 Å². The number of rotatable bonds is 3. The third-order valence-corrected chi connectivity index (χ3v) is 3.96. The van der Waals surface area contributed by atoms with E-state index in [1.54, 1.807) is 0 Å². The normalized spacial score (nSPS) is 12.4. The zero-order valence-corrected chi connectivity index (χ0v) is 12.8. The second-order valence-electron chi connectivity index (χ2n) is 4.52. The Morgan fingerprint density at radius 3 is 2.56 bits per heavy atom. The first-order valence-electron chi connectivity index (χ1n) is 5.88. The van der Waals surface area contributed by atoms with Crippen LogP contribution < -0.4 is 0 Å². The van der Waals surface area contributed by atoms with Crippen LogP contribution in [0.1, 0.15) is 27.8 Å². The molecule has 0 saturated heterocycles. The Hall–Kier alpha value is -0.860. The lowest BCUT2D eigenvalue weighted by molar-refractivity contribution is 0.873. The van der Waals surface area contributed by atoms with E-state index in [0.717, 1.165) is 22.2 Å². The fraction of sp³-hybridized carbons (Fsp3) is 0.267. The molecular formula is C15H15BrClN. The third kappa shape index (κ3) is 3.33. The van der Waals surface area contributed by atoms with Gasteiger partial charge in [-0.2, -0.15) is 0 Å². The minimum atomic E-state index is -0.0607. The van der Waals surface area contributed by atoms with Gasteiger partial charge < -0.3 is 0 Å². The largest absolute Gasteiger partial charge is 0.261 e. The molecule has 1 unspecified atom stereocenters. The molecule has 0 aliphatic rings. The third-order valence-electron chi connectivity index (χ3n) is 2.85. The number of aryl methyl sites for hydroxylation is 2. The van der Waals surface area contributed by atoms with Gasteiger partial charge in [0.2, 0.25) is 0 Å². The highest BCUT2D eigenvalue weighted by Gasteiger charge is 2.13. The summed E-state index contributed by atoms with van der Waals surface area (Å²) in [6.45, 7) is 4.11. The highest BCUT2D eigenvalue weighted by Crippen LogP contribution is 2.31. The standard InChI is InChI=1S/C15H15BrClN/c1-10-4-6-14(16)13(7-10)15(17)8-12-5-3-11(2)9-18-12/h3-7,9,15H,8H2,1-2H3. The maximum atomic E-state index is 6.49. The van der Waals surface area contributed by atoms with Crippen molar-refractivity contribution in [3.8, 4) is 0 Å². The number of aromatic nitrogens is 1. The molecule has 1 nitrogen and oxygen atoms in total. The average molecular weight is 325 g/mol. The first kappa shape index (κ1) is 13.6. The molecule has 2 aromatic rings. The summed E-state index contributed by atoms with van der Waals surface area (Å²) in [4.78, 5) is 4.40. The minimum Gasteiger partial charge on any atom is -0.261 e. The molecule has 0 radical (unpaired) electrons. The number of hydrogen-bond acceptors (Lipinski definition) is 1. The van der Waals surface area contributed by atoms with Crippen LogP contribution >= 0.6 is 27.5 Å². The molecule has 1 heterocycles. The molecule has 1 atom stereocenters. The summed E-state index contributed by atoms with van der Waals surface area (Å²) in [7, 11) is 0. The molecule has 2 rings (SSSR count). The summed E-state index contributed by atoms with van der Waals surface area (Å²) in [6, 6.07) is 10.3. The molecule has 0 bridgehead atoms. The Bertz CT molecular complexity index is 537. The highest BCUT2D eigenvalue weighted by atomic mass is 79.9. The van der Waals surface area contributed by atoms with E-state index in [-0.39, 0.29) is 5.38 Å². The molecule has 3 heteroatoms. The van der Waals surface area contributed by atoms with Gasteiger partial charge in [-0.1, -0.05) is 39.7 Å². The monoisotopic (exact) mass is 323 g/mol. The predicted molar refractivity (Wildman–Crippen MR) is 80.2 cm³/mol. The summed E-state index contributed by atoms with van der Waals surface area (Å²) < 4.78 is 1.06. The second kappa shape index (κ2) is 5.85. The Morgan fingerprint density at radius 1 is 1.17 bits per heavy atom. The first-order chi connectivity index (χ1) is 8.56. The van der Waals surface area contributed by atoms with Crippen LogP contribution in [-0.4, -0.2) is 4.98 Å². The van der Waals surface area contributed by atoms with E-state index >= 15 is 0 Å². The van der Waals surface area contributed by atoms with Gasteiger partial charge in [0.1, 0.15) is 0 Å². The first-order valence-corrected chi connectivity index (χ1v) is 7.11. The Morgan fingerprint density at radius 2 is 1.89 bits per heavy atom. The van der Waals surface area contributed by atoms with E-state index in [1.165, 1.54) is 11.1 Å². The smallest absolute Gasteiger partial charge is 0.0651 e. The zero-order valence-electron chi connectivity index (χ0n) is 10.5. The van der Waals surface area contributed by atoms with Crippen molar-refractivity contribution in [2.24, 2.45) is 0 Å². The highest BCUT2D eigenvalue weighted by molar-refractivity contribution is 9.10. The van der Waals surface area contributed by atoms with Crippen LogP contribution in [0.5, 0.6) is 0 Å². The lowest BCUT2D eigenvalue weighted by Gasteiger charge is -2.12. The molecule has 0 aliphatic heterocycles. The molecule has 0 amide bonds. The van der Waals surface area contributed by atoms with Crippen LogP contribution in [0.2, 0.25) is 0 Å². The van der Waals surface area contributed by atoms with Gasteiger partial charge in [0.05, 0.1) is 5.38 Å². The molecule has 1 aromatic heterocycles. The number of nitrogens with zero attached hydrogens (tertiary/aromatic N) is 1. The van der Waals surface area contributed by atoms with Crippen molar-refractivity contribution < 1.29 is 0 Å². The maximum absolute atomic E-state index is 6.49. The van der Waals surface area contributed by atoms with Gasteiger partial charge in [-0.3, -0.25) is 4.98 Å². The van der Waals surface area contributed by atoms with Crippen molar-refractivity contribution in [3.05, 3.63) is 63.4 Å². The summed E-state index contributed by atoms with van der Waals surface area (Å²) in [5.74, 6) is 0. The van der Waals surface area contributed by atoms with Gasteiger partial charge in [-0.05, 0) is 37.1 Å². The maximum Gasteiger partial charge on any atom is 0.0651 e. The van der Waals surface area contributed by atoms with Gasteiger partial charge in [-0.25, -0.2) is 0 Å². The van der Waals surface area contributed by atoms with E-state index in [2.05, 4.69) is 46.0 Å². The van der Waals surface area contributed by atoms with Gasteiger partial charge in [0.25, 0.3) is 0 Å². The van der Waals surface area contributed by atoms with E-state index in [4.69, 9.17) is 11.6 Å². The van der Waals surface area contributed by atoms with Crippen molar-refractivity contribution in [2.45, 2.75) is 25.6 Å². The Labute approximate surface area is 121 Å². The van der Waals surface area contributed by atoms with E-state index in [9.17, 15) is 0 Å². The average Bonchev–Trinajstić information content (AvgIpc) is 2.35. The van der Waals surface area contributed by atoms with Crippen LogP contribution in [0.3, 0.4) is 0 Å². The lowest BCUT2D eigenvalue weighted by Crippen LogP contribution is -1.99. The SMILES string of the molecule is Cc1ccc(CC(Cl)c2cc(C)ccc2Br)nc1. The van der Waals surface area contributed by atoms with E-state index < -0.39 is 0 Å². The van der Waals surface area contributed by atoms with Crippen LogP contribution in [0, 0.1) is 13.8 Å².